The zero-order chi connectivity index (χ0) is 16.5. The van der Waals surface area contributed by atoms with Crippen molar-refractivity contribution in [3.63, 3.8) is 0 Å². The summed E-state index contributed by atoms with van der Waals surface area (Å²) in [5.74, 6) is 1.30. The molecule has 2 N–H and O–H groups in total. The van der Waals surface area contributed by atoms with Gasteiger partial charge in [-0.3, -0.25) is 0 Å². The van der Waals surface area contributed by atoms with Gasteiger partial charge >= 0.3 is 0 Å². The van der Waals surface area contributed by atoms with Crippen LogP contribution in [0.2, 0.25) is 0 Å². The molecular weight excluding hydrogens is 272 g/mol. The average Bonchev–Trinajstić information content (AvgIpc) is 2.98. The van der Waals surface area contributed by atoms with Gasteiger partial charge in [0, 0.05) is 0 Å². The number of fused-ring (bicyclic) bond motifs is 1. The van der Waals surface area contributed by atoms with E-state index in [1.165, 1.54) is 12.0 Å². The highest BCUT2D eigenvalue weighted by molar-refractivity contribution is 5.21. The Kier molecular flexibility index (Phi) is 5.34. The van der Waals surface area contributed by atoms with Gasteiger partial charge in [0.25, 0.3) is 0 Å². The van der Waals surface area contributed by atoms with Gasteiger partial charge in [-0.1, -0.05) is 37.6 Å². The predicted octanol–water partition coefficient (Wildman–Crippen LogP) is 4.39. The molecule has 124 valence electrons. The standard InChI is InChI=1S/C20H32O2/c1-13-6-9-16-17(20(16,4)5)12-15(3)19(22)11-8-14(2)18(21)10-7-13/h7-8,12,16-19,21-22H,6,9-11H2,1-5H3/b13-7+,14-8+,15-12+/t16-,17+,18?,19?/m0/s1. The second-order valence-electron chi connectivity index (χ2n) is 7.90. The summed E-state index contributed by atoms with van der Waals surface area (Å²) in [6.45, 7) is 10.8. The maximum absolute atomic E-state index is 10.3. The smallest absolute Gasteiger partial charge is 0.0782 e. The first-order valence-corrected chi connectivity index (χ1v) is 8.60. The molecule has 0 radical (unpaired) electrons. The van der Waals surface area contributed by atoms with E-state index in [1.54, 1.807) is 0 Å². The maximum atomic E-state index is 10.3. The molecule has 0 aromatic heterocycles. The molecule has 4 atom stereocenters. The van der Waals surface area contributed by atoms with E-state index in [1.807, 2.05) is 19.9 Å². The molecule has 1 fully saturated rings. The van der Waals surface area contributed by atoms with E-state index < -0.39 is 12.2 Å². The van der Waals surface area contributed by atoms with Gasteiger partial charge in [-0.05, 0) is 74.9 Å². The third kappa shape index (κ3) is 3.91. The van der Waals surface area contributed by atoms with Gasteiger partial charge in [-0.15, -0.1) is 0 Å². The summed E-state index contributed by atoms with van der Waals surface area (Å²) in [6, 6.07) is 0. The summed E-state index contributed by atoms with van der Waals surface area (Å²) in [6.07, 6.45) is 9.16. The van der Waals surface area contributed by atoms with Crippen LogP contribution in [0.1, 0.15) is 60.3 Å². The molecule has 0 saturated heterocycles. The average molecular weight is 304 g/mol. The minimum atomic E-state index is -0.431. The van der Waals surface area contributed by atoms with E-state index >= 15 is 0 Å². The summed E-state index contributed by atoms with van der Waals surface area (Å²) in [7, 11) is 0. The van der Waals surface area contributed by atoms with E-state index in [0.717, 1.165) is 17.6 Å². The molecule has 0 bridgehead atoms. The maximum Gasteiger partial charge on any atom is 0.0782 e. The molecular formula is C20H32O2. The van der Waals surface area contributed by atoms with Crippen molar-refractivity contribution >= 4 is 0 Å². The van der Waals surface area contributed by atoms with Crippen LogP contribution in [0.15, 0.2) is 34.9 Å². The van der Waals surface area contributed by atoms with E-state index in [9.17, 15) is 10.2 Å². The molecule has 0 aromatic rings. The normalized spacial score (nSPS) is 43.5. The zero-order valence-electron chi connectivity index (χ0n) is 14.8. The highest BCUT2D eigenvalue weighted by atomic mass is 16.3. The number of aliphatic hydroxyl groups excluding tert-OH is 2. The summed E-state index contributed by atoms with van der Waals surface area (Å²) >= 11 is 0. The summed E-state index contributed by atoms with van der Waals surface area (Å²) in [5.41, 5.74) is 3.76. The highest BCUT2D eigenvalue weighted by Gasteiger charge is 2.55. The summed E-state index contributed by atoms with van der Waals surface area (Å²) in [4.78, 5) is 0. The van der Waals surface area contributed by atoms with Gasteiger partial charge in [-0.2, -0.15) is 0 Å². The van der Waals surface area contributed by atoms with Crippen LogP contribution < -0.4 is 0 Å². The van der Waals surface area contributed by atoms with Crippen molar-refractivity contribution < 1.29 is 10.2 Å². The molecule has 0 heterocycles. The van der Waals surface area contributed by atoms with Crippen LogP contribution in [-0.4, -0.2) is 22.4 Å². The zero-order valence-corrected chi connectivity index (χ0v) is 14.8. The molecule has 0 amide bonds. The number of rotatable bonds is 0. The number of hydrogen-bond donors (Lipinski definition) is 2. The SMILES string of the molecule is C/C1=C\CC(O)/C(C)=C/CC(O)/C(C)=C/[C@@H]2[C@H](CC1)C2(C)C. The van der Waals surface area contributed by atoms with Gasteiger partial charge in [0.2, 0.25) is 0 Å². The van der Waals surface area contributed by atoms with Crippen LogP contribution in [0.25, 0.3) is 0 Å². The molecule has 1 saturated carbocycles. The van der Waals surface area contributed by atoms with Crippen molar-refractivity contribution in [3.05, 3.63) is 34.9 Å². The number of aliphatic hydroxyl groups is 2. The largest absolute Gasteiger partial charge is 0.388 e. The van der Waals surface area contributed by atoms with Crippen LogP contribution in [0.5, 0.6) is 0 Å². The monoisotopic (exact) mass is 304 g/mol. The second kappa shape index (κ2) is 6.72. The van der Waals surface area contributed by atoms with Crippen molar-refractivity contribution in [2.45, 2.75) is 72.5 Å². The van der Waals surface area contributed by atoms with Crippen LogP contribution in [0, 0.1) is 17.3 Å². The lowest BCUT2D eigenvalue weighted by Gasteiger charge is -2.13. The Hall–Kier alpha value is -0.860. The van der Waals surface area contributed by atoms with Gasteiger partial charge in [-0.25, -0.2) is 0 Å². The van der Waals surface area contributed by atoms with Gasteiger partial charge in [0.1, 0.15) is 0 Å². The molecule has 2 rings (SSSR count). The molecule has 0 spiro atoms. The first-order chi connectivity index (χ1) is 10.2. The van der Waals surface area contributed by atoms with Crippen LogP contribution in [-0.2, 0) is 0 Å². The highest BCUT2D eigenvalue weighted by Crippen LogP contribution is 2.61. The number of allylic oxidation sites excluding steroid dienone is 2. The molecule has 2 nitrogen and oxygen atoms in total. The minimum Gasteiger partial charge on any atom is -0.388 e. The summed E-state index contributed by atoms with van der Waals surface area (Å²) < 4.78 is 0. The van der Waals surface area contributed by atoms with E-state index in [2.05, 4.69) is 32.9 Å². The topological polar surface area (TPSA) is 40.5 Å². The third-order valence-electron chi connectivity index (χ3n) is 5.84. The molecule has 22 heavy (non-hydrogen) atoms. The van der Waals surface area contributed by atoms with Crippen molar-refractivity contribution in [1.29, 1.82) is 0 Å². The fourth-order valence-corrected chi connectivity index (χ4v) is 3.67. The Morgan fingerprint density at radius 1 is 0.955 bits per heavy atom. The van der Waals surface area contributed by atoms with Crippen LogP contribution in [0.4, 0.5) is 0 Å². The van der Waals surface area contributed by atoms with Gasteiger partial charge in [0.05, 0.1) is 12.2 Å². The Morgan fingerprint density at radius 2 is 1.55 bits per heavy atom. The Labute approximate surface area is 135 Å². The van der Waals surface area contributed by atoms with Crippen molar-refractivity contribution in [3.8, 4) is 0 Å². The molecule has 0 aromatic carbocycles. The molecule has 2 unspecified atom stereocenters. The number of hydrogen-bond acceptors (Lipinski definition) is 2. The Balaban J connectivity index is 2.21. The predicted molar refractivity (Wildman–Crippen MR) is 92.5 cm³/mol. The molecule has 0 aliphatic heterocycles. The second-order valence-corrected chi connectivity index (χ2v) is 7.90. The minimum absolute atomic E-state index is 0.354. The lowest BCUT2D eigenvalue weighted by atomic mass is 9.99. The van der Waals surface area contributed by atoms with E-state index in [4.69, 9.17) is 0 Å². The lowest BCUT2D eigenvalue weighted by molar-refractivity contribution is 0.204. The van der Waals surface area contributed by atoms with Crippen molar-refractivity contribution in [2.24, 2.45) is 17.3 Å². The van der Waals surface area contributed by atoms with Crippen LogP contribution >= 0.6 is 0 Å². The summed E-state index contributed by atoms with van der Waals surface area (Å²) in [5, 5.41) is 20.5. The Morgan fingerprint density at radius 3 is 2.23 bits per heavy atom. The first-order valence-electron chi connectivity index (χ1n) is 8.60. The van der Waals surface area contributed by atoms with Gasteiger partial charge < -0.3 is 10.2 Å². The van der Waals surface area contributed by atoms with Gasteiger partial charge in [0.15, 0.2) is 0 Å². The van der Waals surface area contributed by atoms with E-state index in [0.29, 0.717) is 30.1 Å². The molecule has 2 aliphatic carbocycles. The molecule has 2 aliphatic rings. The van der Waals surface area contributed by atoms with Crippen molar-refractivity contribution in [2.75, 3.05) is 0 Å². The van der Waals surface area contributed by atoms with Crippen LogP contribution in [0.3, 0.4) is 0 Å². The quantitative estimate of drug-likeness (QED) is 0.651. The Bertz CT molecular complexity index is 496. The lowest BCUT2D eigenvalue weighted by Crippen LogP contribution is -2.11. The van der Waals surface area contributed by atoms with Crippen molar-refractivity contribution in [1.82, 2.24) is 0 Å². The fraction of sp³-hybridized carbons (Fsp3) is 0.700. The molecule has 2 heteroatoms. The first kappa shape index (κ1) is 17.5. The van der Waals surface area contributed by atoms with E-state index in [-0.39, 0.29) is 0 Å². The third-order valence-corrected chi connectivity index (χ3v) is 5.84. The fourth-order valence-electron chi connectivity index (χ4n) is 3.67.